The molecule has 0 aliphatic carbocycles. The predicted octanol–water partition coefficient (Wildman–Crippen LogP) is 0.889. The SMILES string of the molecule is O=[C](OC1[C@@H](COP)OC(=O)C1(F)F)[Bi][c]1ccccc1. The van der Waals surface area contributed by atoms with E-state index in [1.165, 1.54) is 0 Å². The molecule has 2 rings (SSSR count). The second-order valence-electron chi connectivity index (χ2n) is 4.15. The Balaban J connectivity index is 2.05. The third-order valence-electron chi connectivity index (χ3n) is 2.69. The molecule has 0 amide bonds. The molecule has 0 N–H and O–H groups in total. The van der Waals surface area contributed by atoms with Crippen LogP contribution >= 0.6 is 9.47 Å². The van der Waals surface area contributed by atoms with E-state index in [-0.39, 0.29) is 6.61 Å². The topological polar surface area (TPSA) is 61.8 Å². The van der Waals surface area contributed by atoms with Gasteiger partial charge in [-0.25, -0.2) is 0 Å². The van der Waals surface area contributed by atoms with Gasteiger partial charge in [0.15, 0.2) is 0 Å². The first-order chi connectivity index (χ1) is 9.95. The first-order valence-electron chi connectivity index (χ1n) is 5.83. The molecule has 0 bridgehead atoms. The van der Waals surface area contributed by atoms with E-state index in [9.17, 15) is 18.4 Å². The maximum atomic E-state index is 13.7. The zero-order valence-electron chi connectivity index (χ0n) is 10.6. The van der Waals surface area contributed by atoms with Crippen LogP contribution in [0.4, 0.5) is 13.6 Å². The summed E-state index contributed by atoms with van der Waals surface area (Å²) >= 11 is -1.94. The summed E-state index contributed by atoms with van der Waals surface area (Å²) in [7, 11) is 1.87. The number of cyclic esters (lactones) is 1. The van der Waals surface area contributed by atoms with Crippen LogP contribution in [0.2, 0.25) is 0 Å². The first kappa shape index (κ1) is 16.7. The number of rotatable bonds is 5. The van der Waals surface area contributed by atoms with Crippen molar-refractivity contribution in [3.63, 3.8) is 0 Å². The summed E-state index contributed by atoms with van der Waals surface area (Å²) in [5.74, 6) is -5.54. The van der Waals surface area contributed by atoms with Crippen LogP contribution in [-0.4, -0.2) is 57.6 Å². The van der Waals surface area contributed by atoms with Crippen LogP contribution in [0.1, 0.15) is 0 Å². The van der Waals surface area contributed by atoms with Crippen LogP contribution in [-0.2, 0) is 18.8 Å². The van der Waals surface area contributed by atoms with E-state index in [0.29, 0.717) is 0 Å². The van der Waals surface area contributed by atoms with E-state index < -0.39 is 51.0 Å². The molecular weight excluding hydrogens is 502 g/mol. The number of carbonyl (C=O) groups excluding carboxylic acids is 2. The summed E-state index contributed by atoms with van der Waals surface area (Å²) in [5.41, 5.74) is 0. The van der Waals surface area contributed by atoms with Gasteiger partial charge in [-0.1, -0.05) is 0 Å². The van der Waals surface area contributed by atoms with E-state index in [0.717, 1.165) is 3.27 Å². The van der Waals surface area contributed by atoms with Crippen molar-refractivity contribution in [3.8, 4) is 0 Å². The number of ether oxygens (including phenoxy) is 2. The van der Waals surface area contributed by atoms with Crippen molar-refractivity contribution in [3.05, 3.63) is 30.3 Å². The molecule has 1 radical (unpaired) electrons. The fraction of sp³-hybridized carbons (Fsp3) is 0.333. The Hall–Kier alpha value is -0.707. The van der Waals surface area contributed by atoms with E-state index >= 15 is 0 Å². The van der Waals surface area contributed by atoms with Crippen LogP contribution in [0.3, 0.4) is 0 Å². The molecule has 0 spiro atoms. The molecule has 1 saturated heterocycles. The third kappa shape index (κ3) is 3.93. The third-order valence-corrected chi connectivity index (χ3v) is 6.17. The second-order valence-corrected chi connectivity index (χ2v) is 8.78. The van der Waals surface area contributed by atoms with Crippen molar-refractivity contribution in [2.75, 3.05) is 6.61 Å². The molecule has 21 heavy (non-hydrogen) atoms. The molecular formula is C12H11BiF2O5P. The van der Waals surface area contributed by atoms with Gasteiger partial charge in [0, 0.05) is 0 Å². The number of esters is 1. The van der Waals surface area contributed by atoms with Crippen molar-refractivity contribution >= 4 is 45.6 Å². The Morgan fingerprint density at radius 1 is 1.38 bits per heavy atom. The van der Waals surface area contributed by atoms with Crippen molar-refractivity contribution in [1.29, 1.82) is 0 Å². The van der Waals surface area contributed by atoms with E-state index in [1.54, 1.807) is 30.3 Å². The molecule has 0 saturated carbocycles. The fourth-order valence-electron chi connectivity index (χ4n) is 1.74. The summed E-state index contributed by atoms with van der Waals surface area (Å²) in [6.07, 6.45) is -3.24. The molecule has 1 fully saturated rings. The normalized spacial score (nSPS) is 23.7. The Labute approximate surface area is 133 Å². The monoisotopic (exact) mass is 513 g/mol. The first-order valence-corrected chi connectivity index (χ1v) is 9.78. The molecule has 1 heterocycles. The van der Waals surface area contributed by atoms with E-state index in [4.69, 9.17) is 4.74 Å². The van der Waals surface area contributed by atoms with Crippen LogP contribution in [0.5, 0.6) is 0 Å². The van der Waals surface area contributed by atoms with Crippen LogP contribution < -0.4 is 3.27 Å². The van der Waals surface area contributed by atoms with Crippen molar-refractivity contribution in [1.82, 2.24) is 0 Å². The molecule has 2 unspecified atom stereocenters. The average Bonchev–Trinajstić information content (AvgIpc) is 2.64. The zero-order valence-corrected chi connectivity index (χ0v) is 15.2. The minimum atomic E-state index is -3.85. The molecule has 1 aromatic rings. The molecule has 1 aliphatic rings. The summed E-state index contributed by atoms with van der Waals surface area (Å²) in [5, 5.41) is 0. The van der Waals surface area contributed by atoms with Gasteiger partial charge in [0.25, 0.3) is 0 Å². The standard InChI is InChI=1S/C6H6F2O5P.C6H5.Bi/c7-6(8)4(11-2-9)3(1-12-14)13-5(6)10;1-2-4-6-5-3-1;/h3-4H,1,14H2;1-5H;/t3-,4?;;/m1../s1. The molecule has 3 atom stereocenters. The second kappa shape index (κ2) is 7.04. The Bertz CT molecular complexity index is 528. The van der Waals surface area contributed by atoms with Crippen LogP contribution in [0, 0.1) is 0 Å². The number of alkyl halides is 2. The van der Waals surface area contributed by atoms with Gasteiger partial charge in [-0.3, -0.25) is 0 Å². The van der Waals surface area contributed by atoms with Crippen molar-refractivity contribution < 1.29 is 32.4 Å². The Kier molecular flexibility index (Phi) is 5.58. The van der Waals surface area contributed by atoms with Gasteiger partial charge in [-0.05, 0) is 0 Å². The molecule has 1 aromatic carbocycles. The summed E-state index contributed by atoms with van der Waals surface area (Å²) < 4.78 is 41.4. The van der Waals surface area contributed by atoms with Crippen LogP contribution in [0.15, 0.2) is 30.3 Å². The summed E-state index contributed by atoms with van der Waals surface area (Å²) in [6.45, 7) is -0.290. The Morgan fingerprint density at radius 3 is 2.67 bits per heavy atom. The predicted molar refractivity (Wildman–Crippen MR) is 72.6 cm³/mol. The van der Waals surface area contributed by atoms with E-state index in [1.807, 2.05) is 9.47 Å². The van der Waals surface area contributed by atoms with Gasteiger partial charge >= 0.3 is 133 Å². The van der Waals surface area contributed by atoms with Gasteiger partial charge in [-0.15, -0.1) is 0 Å². The van der Waals surface area contributed by atoms with Crippen molar-refractivity contribution in [2.45, 2.75) is 18.1 Å². The quantitative estimate of drug-likeness (QED) is 0.333. The number of hydrogen-bond donors (Lipinski definition) is 0. The number of benzene rings is 1. The number of hydrogen-bond acceptors (Lipinski definition) is 5. The van der Waals surface area contributed by atoms with Crippen LogP contribution in [0.25, 0.3) is 0 Å². The van der Waals surface area contributed by atoms with Gasteiger partial charge in [0.05, 0.1) is 0 Å². The average molecular weight is 513 g/mol. The zero-order chi connectivity index (χ0) is 15.5. The molecule has 5 nitrogen and oxygen atoms in total. The number of carbonyl (C=O) groups is 2. The molecule has 113 valence electrons. The molecule has 0 aromatic heterocycles. The summed E-state index contributed by atoms with van der Waals surface area (Å²) in [6, 6.07) is 8.80. The van der Waals surface area contributed by atoms with Gasteiger partial charge in [-0.2, -0.15) is 0 Å². The van der Waals surface area contributed by atoms with Gasteiger partial charge in [0.1, 0.15) is 0 Å². The van der Waals surface area contributed by atoms with Crippen molar-refractivity contribution in [2.24, 2.45) is 0 Å². The van der Waals surface area contributed by atoms with Gasteiger partial charge in [0.2, 0.25) is 0 Å². The van der Waals surface area contributed by atoms with Gasteiger partial charge < -0.3 is 0 Å². The molecule has 9 heteroatoms. The van der Waals surface area contributed by atoms with E-state index in [2.05, 4.69) is 9.26 Å². The minimum absolute atomic E-state index is 0.290. The maximum absolute atomic E-state index is 13.7. The fourth-order valence-corrected chi connectivity index (χ4v) is 4.64. The Morgan fingerprint density at radius 2 is 2.05 bits per heavy atom. The summed E-state index contributed by atoms with van der Waals surface area (Å²) in [4.78, 5) is 22.9. The molecule has 1 aliphatic heterocycles. The number of halogens is 2.